The molecule has 4 rings (SSSR count). The van der Waals surface area contributed by atoms with Crippen LogP contribution in [0.4, 0.5) is 0 Å². The van der Waals surface area contributed by atoms with Crippen LogP contribution in [0.2, 0.25) is 0 Å². The third kappa shape index (κ3) is 4.60. The van der Waals surface area contributed by atoms with Crippen molar-refractivity contribution < 1.29 is 0 Å². The van der Waals surface area contributed by atoms with E-state index in [1.54, 1.807) is 0 Å². The van der Waals surface area contributed by atoms with Crippen molar-refractivity contribution in [1.29, 1.82) is 10.8 Å². The monoisotopic (exact) mass is 431 g/mol. The van der Waals surface area contributed by atoms with Gasteiger partial charge in [-0.1, -0.05) is 35.1 Å². The standard InChI is InChI=1S/C23H25N7S/c1-14-4-6-17(12-27-11-14)19-10-18-8-16(5-7-20(18)28-13-19)9-21(24)30-23(25)31-22(29-30)15(2)26-3/h4-8,10,12-13,15,24-26H,9,11H2,1-3H3/t15-/m1/s1. The fourth-order valence-corrected chi connectivity index (χ4v) is 4.14. The van der Waals surface area contributed by atoms with Gasteiger partial charge in [0.05, 0.1) is 18.1 Å². The molecule has 1 aliphatic rings. The normalized spacial score (nSPS) is 14.8. The lowest BCUT2D eigenvalue weighted by Gasteiger charge is -2.08. The molecule has 0 saturated heterocycles. The first-order chi connectivity index (χ1) is 14.9. The van der Waals surface area contributed by atoms with Gasteiger partial charge in [-0.05, 0) is 44.7 Å². The van der Waals surface area contributed by atoms with Gasteiger partial charge < -0.3 is 5.32 Å². The van der Waals surface area contributed by atoms with Crippen molar-refractivity contribution in [2.45, 2.75) is 26.3 Å². The van der Waals surface area contributed by atoms with Crippen molar-refractivity contribution in [2.75, 3.05) is 13.6 Å². The zero-order valence-corrected chi connectivity index (χ0v) is 18.6. The number of rotatable bonds is 5. The first kappa shape index (κ1) is 21.0. The molecule has 8 heteroatoms. The van der Waals surface area contributed by atoms with E-state index < -0.39 is 0 Å². The van der Waals surface area contributed by atoms with E-state index in [-0.39, 0.29) is 16.7 Å². The quantitative estimate of drug-likeness (QED) is 0.423. The average Bonchev–Trinajstić information content (AvgIpc) is 3.03. The first-order valence-electron chi connectivity index (χ1n) is 10.1. The molecule has 0 radical (unpaired) electrons. The van der Waals surface area contributed by atoms with Crippen LogP contribution in [0, 0.1) is 10.8 Å². The second-order valence-corrected chi connectivity index (χ2v) is 8.66. The van der Waals surface area contributed by atoms with Gasteiger partial charge in [-0.3, -0.25) is 20.8 Å². The maximum absolute atomic E-state index is 8.49. The van der Waals surface area contributed by atoms with Crippen LogP contribution in [-0.4, -0.2) is 40.4 Å². The molecule has 2 aromatic heterocycles. The Morgan fingerprint density at radius 3 is 2.94 bits per heavy atom. The Kier molecular flexibility index (Phi) is 6.01. The summed E-state index contributed by atoms with van der Waals surface area (Å²) < 4.78 is 1.41. The highest BCUT2D eigenvalue weighted by Crippen LogP contribution is 2.21. The number of hydrogen-bond donors (Lipinski definition) is 3. The van der Waals surface area contributed by atoms with Crippen molar-refractivity contribution >= 4 is 39.9 Å². The largest absolute Gasteiger partial charge is 0.311 e. The molecule has 0 spiro atoms. The van der Waals surface area contributed by atoms with Crippen LogP contribution in [-0.2, 0) is 6.42 Å². The number of pyridine rings is 1. The number of fused-ring (bicyclic) bond motifs is 1. The molecular formula is C23H25N7S. The van der Waals surface area contributed by atoms with Gasteiger partial charge in [0.1, 0.15) is 10.8 Å². The molecule has 158 valence electrons. The van der Waals surface area contributed by atoms with Crippen LogP contribution < -0.4 is 10.1 Å². The van der Waals surface area contributed by atoms with Crippen LogP contribution in [0.5, 0.6) is 0 Å². The molecule has 0 saturated carbocycles. The molecule has 7 nitrogen and oxygen atoms in total. The summed E-state index contributed by atoms with van der Waals surface area (Å²) in [5, 5.41) is 26.1. The van der Waals surface area contributed by atoms with Gasteiger partial charge >= 0.3 is 0 Å². The fraction of sp³-hybridized carbons (Fsp3) is 0.261. The SMILES string of the molecule is CN[C@H](C)c1nn(C(=N)Cc2ccc3ncc(C4=CC=C(C)CN=C4)cc3c2)c(=N)s1. The van der Waals surface area contributed by atoms with Crippen LogP contribution in [0.1, 0.15) is 36.0 Å². The van der Waals surface area contributed by atoms with E-state index >= 15 is 0 Å². The van der Waals surface area contributed by atoms with E-state index in [1.165, 1.54) is 21.6 Å². The van der Waals surface area contributed by atoms with E-state index in [9.17, 15) is 0 Å². The number of benzene rings is 1. The molecule has 31 heavy (non-hydrogen) atoms. The van der Waals surface area contributed by atoms with E-state index in [0.29, 0.717) is 13.0 Å². The topological polar surface area (TPSA) is 103 Å². The van der Waals surface area contributed by atoms with Crippen molar-refractivity contribution in [2.24, 2.45) is 4.99 Å². The summed E-state index contributed by atoms with van der Waals surface area (Å²) in [6.07, 6.45) is 8.33. The summed E-state index contributed by atoms with van der Waals surface area (Å²) in [6, 6.07) is 8.18. The predicted molar refractivity (Wildman–Crippen MR) is 127 cm³/mol. The van der Waals surface area contributed by atoms with Gasteiger partial charge in [0.2, 0.25) is 4.80 Å². The Morgan fingerprint density at radius 1 is 1.29 bits per heavy atom. The molecule has 3 aromatic rings. The van der Waals surface area contributed by atoms with Crippen molar-refractivity contribution in [3.05, 3.63) is 69.1 Å². The molecule has 0 amide bonds. The number of nitrogens with one attached hydrogen (secondary N) is 3. The minimum atomic E-state index is 0.0498. The molecule has 0 bridgehead atoms. The summed E-state index contributed by atoms with van der Waals surface area (Å²) in [4.78, 5) is 9.32. The van der Waals surface area contributed by atoms with Crippen LogP contribution in [0.3, 0.4) is 0 Å². The summed E-state index contributed by atoms with van der Waals surface area (Å²) in [7, 11) is 1.86. The lowest BCUT2D eigenvalue weighted by atomic mass is 10.0. The summed E-state index contributed by atoms with van der Waals surface area (Å²) in [6.45, 7) is 4.78. The van der Waals surface area contributed by atoms with Crippen LogP contribution >= 0.6 is 11.3 Å². The lowest BCUT2D eigenvalue weighted by molar-refractivity contribution is 0.630. The number of allylic oxidation sites excluding steroid dienone is 3. The van der Waals surface area contributed by atoms with Crippen molar-refractivity contribution in [3.8, 4) is 0 Å². The van der Waals surface area contributed by atoms with Gasteiger partial charge in [0.25, 0.3) is 0 Å². The van der Waals surface area contributed by atoms with Crippen molar-refractivity contribution in [3.63, 3.8) is 0 Å². The molecule has 0 unspecified atom stereocenters. The maximum atomic E-state index is 8.49. The Balaban J connectivity index is 1.61. The van der Waals surface area contributed by atoms with Crippen LogP contribution in [0.25, 0.3) is 16.5 Å². The van der Waals surface area contributed by atoms with Crippen LogP contribution in [0.15, 0.2) is 53.2 Å². The van der Waals surface area contributed by atoms with Gasteiger partial charge in [-0.25, -0.2) is 0 Å². The number of nitrogens with zero attached hydrogens (tertiary/aromatic N) is 4. The number of hydrogen-bond acceptors (Lipinski definition) is 7. The summed E-state index contributed by atoms with van der Waals surface area (Å²) in [5.41, 5.74) is 5.17. The Labute approximate surface area is 184 Å². The number of aromatic nitrogens is 3. The molecule has 3 N–H and O–H groups in total. The zero-order valence-electron chi connectivity index (χ0n) is 17.8. The highest BCUT2D eigenvalue weighted by molar-refractivity contribution is 7.08. The van der Waals surface area contributed by atoms with E-state index in [4.69, 9.17) is 10.8 Å². The molecule has 1 aliphatic heterocycles. The van der Waals surface area contributed by atoms with E-state index in [0.717, 1.165) is 32.6 Å². The maximum Gasteiger partial charge on any atom is 0.206 e. The average molecular weight is 432 g/mol. The Morgan fingerprint density at radius 2 is 2.13 bits per heavy atom. The smallest absolute Gasteiger partial charge is 0.206 e. The fourth-order valence-electron chi connectivity index (χ4n) is 3.29. The third-order valence-electron chi connectivity index (χ3n) is 5.22. The highest BCUT2D eigenvalue weighted by atomic mass is 32.1. The summed E-state index contributed by atoms with van der Waals surface area (Å²) >= 11 is 1.29. The Hall–Kier alpha value is -3.23. The van der Waals surface area contributed by atoms with Gasteiger partial charge in [0, 0.05) is 35.4 Å². The van der Waals surface area contributed by atoms with E-state index in [2.05, 4.69) is 51.6 Å². The molecule has 1 atom stereocenters. The molecular weight excluding hydrogens is 406 g/mol. The molecule has 3 heterocycles. The van der Waals surface area contributed by atoms with Crippen molar-refractivity contribution in [1.82, 2.24) is 20.1 Å². The molecule has 0 aliphatic carbocycles. The third-order valence-corrected chi connectivity index (χ3v) is 6.23. The lowest BCUT2D eigenvalue weighted by Crippen LogP contribution is -2.25. The Bertz CT molecular complexity index is 1290. The van der Waals surface area contributed by atoms with Gasteiger partial charge in [0.15, 0.2) is 0 Å². The number of aliphatic imine (C=N–C) groups is 1. The van der Waals surface area contributed by atoms with E-state index in [1.807, 2.05) is 38.5 Å². The summed E-state index contributed by atoms with van der Waals surface area (Å²) in [5.74, 6) is 0.276. The zero-order chi connectivity index (χ0) is 22.0. The first-order valence-corrected chi connectivity index (χ1v) is 10.9. The van der Waals surface area contributed by atoms with Gasteiger partial charge in [-0.2, -0.15) is 9.78 Å². The minimum absolute atomic E-state index is 0.0498. The highest BCUT2D eigenvalue weighted by Gasteiger charge is 2.13. The second kappa shape index (κ2) is 8.87. The minimum Gasteiger partial charge on any atom is -0.311 e. The molecule has 0 fully saturated rings. The predicted octanol–water partition coefficient (Wildman–Crippen LogP) is 3.73. The van der Waals surface area contributed by atoms with Gasteiger partial charge in [-0.15, -0.1) is 0 Å². The second-order valence-electron chi connectivity index (χ2n) is 7.65. The molecule has 1 aromatic carbocycles.